The lowest BCUT2D eigenvalue weighted by molar-refractivity contribution is -0.119. The van der Waals surface area contributed by atoms with Gasteiger partial charge in [-0.1, -0.05) is 25.0 Å². The van der Waals surface area contributed by atoms with Crippen molar-refractivity contribution in [2.75, 3.05) is 18.8 Å². The number of nitrogens with zero attached hydrogens (tertiary/aromatic N) is 1. The highest BCUT2D eigenvalue weighted by Gasteiger charge is 2.23. The predicted octanol–water partition coefficient (Wildman–Crippen LogP) is 1.54. The minimum Gasteiger partial charge on any atom is -0.399 e. The van der Waals surface area contributed by atoms with E-state index in [1.807, 2.05) is 24.3 Å². The first-order valence-corrected chi connectivity index (χ1v) is 7.02. The highest BCUT2D eigenvalue weighted by molar-refractivity contribution is 5.75. The molecule has 1 saturated carbocycles. The summed E-state index contributed by atoms with van der Waals surface area (Å²) in [5.74, 6) is -0.232. The van der Waals surface area contributed by atoms with E-state index in [1.165, 1.54) is 31.2 Å². The zero-order valence-electron chi connectivity index (χ0n) is 11.3. The summed E-state index contributed by atoms with van der Waals surface area (Å²) in [5.41, 5.74) is 13.1. The van der Waals surface area contributed by atoms with E-state index in [2.05, 4.69) is 4.90 Å². The second-order valence-corrected chi connectivity index (χ2v) is 5.37. The van der Waals surface area contributed by atoms with Crippen molar-refractivity contribution in [2.45, 2.75) is 38.1 Å². The molecular formula is C15H23N3O. The van der Waals surface area contributed by atoms with Gasteiger partial charge in [0.05, 0.1) is 6.54 Å². The molecule has 1 aliphatic rings. The van der Waals surface area contributed by atoms with E-state index in [9.17, 15) is 4.79 Å². The Balaban J connectivity index is 1.91. The minimum atomic E-state index is -0.232. The molecular weight excluding hydrogens is 238 g/mol. The van der Waals surface area contributed by atoms with Gasteiger partial charge in [0.15, 0.2) is 0 Å². The molecule has 4 N–H and O–H groups in total. The van der Waals surface area contributed by atoms with Gasteiger partial charge in [0.1, 0.15) is 0 Å². The molecule has 1 fully saturated rings. The lowest BCUT2D eigenvalue weighted by atomic mass is 10.1. The summed E-state index contributed by atoms with van der Waals surface area (Å²) < 4.78 is 0. The SMILES string of the molecule is NC(=O)CN(CCc1ccc(N)cc1)C1CCCC1. The smallest absolute Gasteiger partial charge is 0.231 e. The van der Waals surface area contributed by atoms with Gasteiger partial charge in [-0.2, -0.15) is 0 Å². The molecule has 0 aliphatic heterocycles. The zero-order valence-corrected chi connectivity index (χ0v) is 11.3. The van der Waals surface area contributed by atoms with Crippen molar-refractivity contribution < 1.29 is 4.79 Å². The maximum atomic E-state index is 11.2. The standard InChI is InChI=1S/C15H23N3O/c16-13-7-5-12(6-8-13)9-10-18(11-15(17)19)14-3-1-2-4-14/h5-8,14H,1-4,9-11,16H2,(H2,17,19). The third-order valence-corrected chi connectivity index (χ3v) is 3.87. The van der Waals surface area contributed by atoms with E-state index in [1.54, 1.807) is 0 Å². The molecule has 104 valence electrons. The maximum Gasteiger partial charge on any atom is 0.231 e. The van der Waals surface area contributed by atoms with Gasteiger partial charge in [-0.3, -0.25) is 9.69 Å². The fraction of sp³-hybridized carbons (Fsp3) is 0.533. The fourth-order valence-corrected chi connectivity index (χ4v) is 2.82. The molecule has 1 amide bonds. The molecule has 0 radical (unpaired) electrons. The van der Waals surface area contributed by atoms with Crippen molar-refractivity contribution in [3.63, 3.8) is 0 Å². The minimum absolute atomic E-state index is 0.232. The van der Waals surface area contributed by atoms with Gasteiger partial charge in [0.2, 0.25) is 5.91 Å². The van der Waals surface area contributed by atoms with Crippen LogP contribution in [0.4, 0.5) is 5.69 Å². The molecule has 1 aromatic rings. The molecule has 4 heteroatoms. The molecule has 19 heavy (non-hydrogen) atoms. The quantitative estimate of drug-likeness (QED) is 0.763. The second kappa shape index (κ2) is 6.57. The number of benzene rings is 1. The normalized spacial score (nSPS) is 16.1. The molecule has 0 bridgehead atoms. The second-order valence-electron chi connectivity index (χ2n) is 5.37. The van der Waals surface area contributed by atoms with Crippen molar-refractivity contribution in [1.82, 2.24) is 4.90 Å². The highest BCUT2D eigenvalue weighted by Crippen LogP contribution is 2.23. The van der Waals surface area contributed by atoms with Gasteiger partial charge in [0, 0.05) is 18.3 Å². The van der Waals surface area contributed by atoms with Crippen LogP contribution < -0.4 is 11.5 Å². The molecule has 2 rings (SSSR count). The van der Waals surface area contributed by atoms with Crippen LogP contribution in [0.25, 0.3) is 0 Å². The first-order chi connectivity index (χ1) is 9.15. The lowest BCUT2D eigenvalue weighted by Gasteiger charge is -2.27. The zero-order chi connectivity index (χ0) is 13.7. The van der Waals surface area contributed by atoms with E-state index in [0.717, 1.165) is 18.7 Å². The number of primary amides is 1. The van der Waals surface area contributed by atoms with Crippen molar-refractivity contribution in [2.24, 2.45) is 5.73 Å². The van der Waals surface area contributed by atoms with E-state index < -0.39 is 0 Å². The van der Waals surface area contributed by atoms with Crippen LogP contribution in [0, 0.1) is 0 Å². The molecule has 1 aromatic carbocycles. The summed E-state index contributed by atoms with van der Waals surface area (Å²) in [6, 6.07) is 8.46. The molecule has 0 atom stereocenters. The van der Waals surface area contributed by atoms with E-state index >= 15 is 0 Å². The van der Waals surface area contributed by atoms with Crippen LogP contribution in [0.1, 0.15) is 31.2 Å². The Morgan fingerprint density at radius 1 is 1.21 bits per heavy atom. The monoisotopic (exact) mass is 261 g/mol. The van der Waals surface area contributed by atoms with Crippen LogP contribution in [0.2, 0.25) is 0 Å². The Labute approximate surface area is 114 Å². The van der Waals surface area contributed by atoms with Gasteiger partial charge in [-0.05, 0) is 37.0 Å². The summed E-state index contributed by atoms with van der Waals surface area (Å²) >= 11 is 0. The number of rotatable bonds is 6. The largest absolute Gasteiger partial charge is 0.399 e. The Morgan fingerprint density at radius 3 is 2.42 bits per heavy atom. The summed E-state index contributed by atoms with van der Waals surface area (Å²) in [6.45, 7) is 1.26. The third kappa shape index (κ3) is 4.24. The molecule has 1 aliphatic carbocycles. The van der Waals surface area contributed by atoms with Crippen molar-refractivity contribution >= 4 is 11.6 Å². The van der Waals surface area contributed by atoms with Gasteiger partial charge in [0.25, 0.3) is 0 Å². The number of nitrogens with two attached hydrogens (primary N) is 2. The van der Waals surface area contributed by atoms with Gasteiger partial charge in [-0.15, -0.1) is 0 Å². The molecule has 0 saturated heterocycles. The van der Waals surface area contributed by atoms with Crippen LogP contribution in [0.15, 0.2) is 24.3 Å². The fourth-order valence-electron chi connectivity index (χ4n) is 2.82. The number of carbonyl (C=O) groups is 1. The number of carbonyl (C=O) groups excluding carboxylic acids is 1. The average Bonchev–Trinajstić information content (AvgIpc) is 2.90. The first kappa shape index (κ1) is 13.9. The number of anilines is 1. The summed E-state index contributed by atoms with van der Waals surface area (Å²) in [4.78, 5) is 13.4. The molecule has 0 heterocycles. The molecule has 0 unspecified atom stereocenters. The predicted molar refractivity (Wildman–Crippen MR) is 77.6 cm³/mol. The van der Waals surface area contributed by atoms with Crippen molar-refractivity contribution in [3.05, 3.63) is 29.8 Å². The van der Waals surface area contributed by atoms with Gasteiger partial charge >= 0.3 is 0 Å². The van der Waals surface area contributed by atoms with Crippen molar-refractivity contribution in [3.8, 4) is 0 Å². The maximum absolute atomic E-state index is 11.2. The Kier molecular flexibility index (Phi) is 4.80. The number of hydrogen-bond acceptors (Lipinski definition) is 3. The lowest BCUT2D eigenvalue weighted by Crippen LogP contribution is -2.41. The van der Waals surface area contributed by atoms with Crippen molar-refractivity contribution in [1.29, 1.82) is 0 Å². The van der Waals surface area contributed by atoms with Crippen LogP contribution in [-0.4, -0.2) is 29.9 Å². The van der Waals surface area contributed by atoms with E-state index in [0.29, 0.717) is 12.6 Å². The Bertz CT molecular complexity index is 410. The average molecular weight is 261 g/mol. The van der Waals surface area contributed by atoms with Crippen LogP contribution in [-0.2, 0) is 11.2 Å². The van der Waals surface area contributed by atoms with Crippen LogP contribution >= 0.6 is 0 Å². The Hall–Kier alpha value is -1.55. The Morgan fingerprint density at radius 2 is 1.84 bits per heavy atom. The first-order valence-electron chi connectivity index (χ1n) is 7.02. The van der Waals surface area contributed by atoms with E-state index in [4.69, 9.17) is 11.5 Å². The number of amides is 1. The van der Waals surface area contributed by atoms with Crippen LogP contribution in [0.3, 0.4) is 0 Å². The molecule has 4 nitrogen and oxygen atoms in total. The summed E-state index contributed by atoms with van der Waals surface area (Å²) in [5, 5.41) is 0. The van der Waals surface area contributed by atoms with Gasteiger partial charge < -0.3 is 11.5 Å². The molecule has 0 spiro atoms. The molecule has 0 aromatic heterocycles. The third-order valence-electron chi connectivity index (χ3n) is 3.87. The van der Waals surface area contributed by atoms with E-state index in [-0.39, 0.29) is 5.91 Å². The van der Waals surface area contributed by atoms with Crippen LogP contribution in [0.5, 0.6) is 0 Å². The number of hydrogen-bond donors (Lipinski definition) is 2. The highest BCUT2D eigenvalue weighted by atomic mass is 16.1. The number of nitrogen functional groups attached to an aromatic ring is 1. The topological polar surface area (TPSA) is 72.4 Å². The summed E-state index contributed by atoms with van der Waals surface area (Å²) in [7, 11) is 0. The summed E-state index contributed by atoms with van der Waals surface area (Å²) in [6.07, 6.45) is 5.84. The van der Waals surface area contributed by atoms with Gasteiger partial charge in [-0.25, -0.2) is 0 Å².